The SMILES string of the molecule is CC(C)OCCCNC(=O)C(=O)N/N=C\c1ccccc1OCc1ccccc1. The van der Waals surface area contributed by atoms with E-state index in [1.807, 2.05) is 68.4 Å². The largest absolute Gasteiger partial charge is 0.488 e. The molecule has 2 aromatic carbocycles. The van der Waals surface area contributed by atoms with Crippen molar-refractivity contribution in [2.45, 2.75) is 33.0 Å². The summed E-state index contributed by atoms with van der Waals surface area (Å²) >= 11 is 0. The molecule has 0 aromatic heterocycles. The fraction of sp³-hybridized carbons (Fsp3) is 0.318. The fourth-order valence-corrected chi connectivity index (χ4v) is 2.34. The van der Waals surface area contributed by atoms with Crippen LogP contribution in [0, 0.1) is 0 Å². The molecule has 0 aliphatic carbocycles. The molecule has 0 fully saturated rings. The number of nitrogens with zero attached hydrogens (tertiary/aromatic N) is 1. The summed E-state index contributed by atoms with van der Waals surface area (Å²) in [6.45, 7) is 5.18. The average Bonchev–Trinajstić information content (AvgIpc) is 2.73. The number of carbonyl (C=O) groups excluding carboxylic acids is 2. The zero-order valence-electron chi connectivity index (χ0n) is 16.8. The van der Waals surface area contributed by atoms with E-state index in [0.717, 1.165) is 5.56 Å². The van der Waals surface area contributed by atoms with E-state index in [2.05, 4.69) is 15.8 Å². The molecule has 2 rings (SSSR count). The zero-order valence-corrected chi connectivity index (χ0v) is 16.8. The third kappa shape index (κ3) is 8.57. The van der Waals surface area contributed by atoms with E-state index in [-0.39, 0.29) is 6.10 Å². The first-order valence-corrected chi connectivity index (χ1v) is 9.55. The van der Waals surface area contributed by atoms with Crippen molar-refractivity contribution in [3.05, 3.63) is 65.7 Å². The minimum Gasteiger partial charge on any atom is -0.488 e. The smallest absolute Gasteiger partial charge is 0.329 e. The van der Waals surface area contributed by atoms with Crippen LogP contribution in [0.5, 0.6) is 5.75 Å². The Balaban J connectivity index is 1.79. The lowest BCUT2D eigenvalue weighted by Crippen LogP contribution is -2.38. The van der Waals surface area contributed by atoms with Crippen LogP contribution in [0.1, 0.15) is 31.4 Å². The van der Waals surface area contributed by atoms with Gasteiger partial charge in [-0.15, -0.1) is 0 Å². The number of amides is 2. The van der Waals surface area contributed by atoms with Crippen LogP contribution in [0.25, 0.3) is 0 Å². The average molecular weight is 397 g/mol. The zero-order chi connectivity index (χ0) is 20.9. The number of nitrogens with one attached hydrogen (secondary N) is 2. The molecule has 0 unspecified atom stereocenters. The van der Waals surface area contributed by atoms with Gasteiger partial charge < -0.3 is 14.8 Å². The molecule has 0 saturated carbocycles. The summed E-state index contributed by atoms with van der Waals surface area (Å²) in [6.07, 6.45) is 2.22. The van der Waals surface area contributed by atoms with Gasteiger partial charge in [0.05, 0.1) is 12.3 Å². The molecule has 0 aliphatic heterocycles. The maximum Gasteiger partial charge on any atom is 0.329 e. The Hall–Kier alpha value is -3.19. The summed E-state index contributed by atoms with van der Waals surface area (Å²) in [4.78, 5) is 23.5. The highest BCUT2D eigenvalue weighted by Crippen LogP contribution is 2.17. The van der Waals surface area contributed by atoms with Crippen molar-refractivity contribution in [2.24, 2.45) is 5.10 Å². The first-order valence-electron chi connectivity index (χ1n) is 9.55. The Morgan fingerprint density at radius 3 is 2.52 bits per heavy atom. The molecule has 0 aliphatic rings. The molecule has 0 saturated heterocycles. The van der Waals surface area contributed by atoms with E-state index >= 15 is 0 Å². The lowest BCUT2D eigenvalue weighted by Gasteiger charge is -2.09. The molecule has 2 amide bonds. The van der Waals surface area contributed by atoms with Gasteiger partial charge in [0.1, 0.15) is 12.4 Å². The molecule has 0 atom stereocenters. The first-order chi connectivity index (χ1) is 14.1. The molecule has 0 spiro atoms. The van der Waals surface area contributed by atoms with E-state index in [0.29, 0.717) is 37.5 Å². The van der Waals surface area contributed by atoms with Crippen LogP contribution in [0.4, 0.5) is 0 Å². The Morgan fingerprint density at radius 2 is 1.76 bits per heavy atom. The maximum atomic E-state index is 11.8. The molecule has 0 radical (unpaired) electrons. The maximum absolute atomic E-state index is 11.8. The normalized spacial score (nSPS) is 10.9. The lowest BCUT2D eigenvalue weighted by atomic mass is 10.2. The van der Waals surface area contributed by atoms with Crippen LogP contribution in [-0.2, 0) is 20.9 Å². The first kappa shape index (κ1) is 22.1. The fourth-order valence-electron chi connectivity index (χ4n) is 2.34. The molecule has 2 N–H and O–H groups in total. The van der Waals surface area contributed by atoms with Crippen LogP contribution >= 0.6 is 0 Å². The number of carbonyl (C=O) groups is 2. The Bertz CT molecular complexity index is 807. The van der Waals surface area contributed by atoms with Gasteiger partial charge in [-0.2, -0.15) is 5.10 Å². The van der Waals surface area contributed by atoms with E-state index in [1.165, 1.54) is 6.21 Å². The van der Waals surface area contributed by atoms with Crippen molar-refractivity contribution in [3.63, 3.8) is 0 Å². The molecule has 29 heavy (non-hydrogen) atoms. The van der Waals surface area contributed by atoms with E-state index in [4.69, 9.17) is 9.47 Å². The number of hydrazone groups is 1. The van der Waals surface area contributed by atoms with Gasteiger partial charge in [0.15, 0.2) is 0 Å². The molecular weight excluding hydrogens is 370 g/mol. The van der Waals surface area contributed by atoms with Gasteiger partial charge in [0, 0.05) is 18.7 Å². The Labute approximate surface area is 171 Å². The minimum absolute atomic E-state index is 0.142. The number of rotatable bonds is 10. The third-order valence-electron chi connectivity index (χ3n) is 3.79. The van der Waals surface area contributed by atoms with Crippen LogP contribution < -0.4 is 15.5 Å². The second-order valence-corrected chi connectivity index (χ2v) is 6.54. The number of ether oxygens (including phenoxy) is 2. The Kier molecular flexibility index (Phi) is 9.38. The molecular formula is C22H27N3O4. The number of hydrogen-bond acceptors (Lipinski definition) is 5. The quantitative estimate of drug-likeness (QED) is 0.279. The summed E-state index contributed by atoms with van der Waals surface area (Å²) < 4.78 is 11.2. The van der Waals surface area contributed by atoms with Crippen molar-refractivity contribution in [2.75, 3.05) is 13.2 Å². The number of para-hydroxylation sites is 1. The van der Waals surface area contributed by atoms with Crippen LogP contribution in [-0.4, -0.2) is 37.3 Å². The van der Waals surface area contributed by atoms with Crippen LogP contribution in [0.3, 0.4) is 0 Å². The van der Waals surface area contributed by atoms with Gasteiger partial charge in [-0.3, -0.25) is 9.59 Å². The molecule has 0 heterocycles. The summed E-state index contributed by atoms with van der Waals surface area (Å²) in [6, 6.07) is 17.1. The molecule has 154 valence electrons. The van der Waals surface area contributed by atoms with Crippen molar-refractivity contribution in [1.82, 2.24) is 10.7 Å². The third-order valence-corrected chi connectivity index (χ3v) is 3.79. The predicted molar refractivity (Wildman–Crippen MR) is 112 cm³/mol. The topological polar surface area (TPSA) is 89.0 Å². The van der Waals surface area contributed by atoms with E-state index in [1.54, 1.807) is 0 Å². The number of hydrogen-bond donors (Lipinski definition) is 2. The van der Waals surface area contributed by atoms with Gasteiger partial charge in [-0.1, -0.05) is 42.5 Å². The van der Waals surface area contributed by atoms with Crippen molar-refractivity contribution < 1.29 is 19.1 Å². The van der Waals surface area contributed by atoms with E-state index in [9.17, 15) is 9.59 Å². The second-order valence-electron chi connectivity index (χ2n) is 6.54. The highest BCUT2D eigenvalue weighted by Gasteiger charge is 2.11. The van der Waals surface area contributed by atoms with Gasteiger partial charge in [-0.25, -0.2) is 5.43 Å². The van der Waals surface area contributed by atoms with Gasteiger partial charge in [-0.05, 0) is 38.0 Å². The molecule has 7 nitrogen and oxygen atoms in total. The monoisotopic (exact) mass is 397 g/mol. The molecule has 7 heteroatoms. The minimum atomic E-state index is -0.825. The van der Waals surface area contributed by atoms with Gasteiger partial charge >= 0.3 is 11.8 Å². The lowest BCUT2D eigenvalue weighted by molar-refractivity contribution is -0.139. The van der Waals surface area contributed by atoms with E-state index < -0.39 is 11.8 Å². The summed E-state index contributed by atoms with van der Waals surface area (Å²) in [7, 11) is 0. The highest BCUT2D eigenvalue weighted by atomic mass is 16.5. The summed E-state index contributed by atoms with van der Waals surface area (Å²) in [5, 5.41) is 6.38. The van der Waals surface area contributed by atoms with Gasteiger partial charge in [0.25, 0.3) is 0 Å². The standard InChI is InChI=1S/C22H27N3O4/c1-17(2)28-14-8-13-23-21(26)22(27)25-24-15-19-11-6-7-12-20(19)29-16-18-9-4-3-5-10-18/h3-7,9-12,15,17H,8,13-14,16H2,1-2H3,(H,23,26)(H,25,27)/b24-15-. The molecule has 2 aromatic rings. The predicted octanol–water partition coefficient (Wildman–Crippen LogP) is 2.65. The Morgan fingerprint density at radius 1 is 1.03 bits per heavy atom. The van der Waals surface area contributed by atoms with Crippen LogP contribution in [0.2, 0.25) is 0 Å². The van der Waals surface area contributed by atoms with Crippen molar-refractivity contribution in [3.8, 4) is 5.75 Å². The number of benzene rings is 2. The van der Waals surface area contributed by atoms with Crippen LogP contribution in [0.15, 0.2) is 59.7 Å². The highest BCUT2D eigenvalue weighted by molar-refractivity contribution is 6.35. The summed E-state index contributed by atoms with van der Waals surface area (Å²) in [5.41, 5.74) is 3.96. The van der Waals surface area contributed by atoms with Gasteiger partial charge in [0.2, 0.25) is 0 Å². The van der Waals surface area contributed by atoms with Crippen molar-refractivity contribution >= 4 is 18.0 Å². The van der Waals surface area contributed by atoms with Crippen molar-refractivity contribution in [1.29, 1.82) is 0 Å². The molecule has 0 bridgehead atoms. The summed E-state index contributed by atoms with van der Waals surface area (Å²) in [5.74, 6) is -0.932. The second kappa shape index (κ2) is 12.3.